The van der Waals surface area contributed by atoms with Crippen molar-refractivity contribution in [3.05, 3.63) is 54.1 Å². The molecule has 1 saturated heterocycles. The van der Waals surface area contributed by atoms with Gasteiger partial charge in [-0.3, -0.25) is 9.59 Å². The van der Waals surface area contributed by atoms with Crippen LogP contribution < -0.4 is 14.4 Å². The van der Waals surface area contributed by atoms with Crippen LogP contribution in [0.4, 0.5) is 18.9 Å². The lowest BCUT2D eigenvalue weighted by atomic mass is 10.1. The zero-order valence-electron chi connectivity index (χ0n) is 18.3. The summed E-state index contributed by atoms with van der Waals surface area (Å²) < 4.78 is 67.3. The summed E-state index contributed by atoms with van der Waals surface area (Å²) in [7, 11) is -3.99. The standard InChI is InChI=1S/C22H24F3N3O5S/c1-16(29)17-2-4-18(5-3-17)27-12-14-28(15-13-27)21(30)10-11-26-34(31,32)20-8-6-19(7-9-20)33-22(23,24)25/h2-9,26H,10-15H2,1H3. The molecule has 0 aliphatic carbocycles. The number of hydrogen-bond donors (Lipinski definition) is 1. The SMILES string of the molecule is CC(=O)c1ccc(N2CCN(C(=O)CCNS(=O)(=O)c3ccc(OC(F)(F)F)cc3)CC2)cc1. The van der Waals surface area contributed by atoms with E-state index in [9.17, 15) is 31.2 Å². The molecule has 0 radical (unpaired) electrons. The third-order valence-electron chi connectivity index (χ3n) is 5.27. The van der Waals surface area contributed by atoms with Gasteiger partial charge in [-0.05, 0) is 55.5 Å². The maximum atomic E-state index is 12.5. The number of piperazine rings is 1. The molecule has 1 N–H and O–H groups in total. The van der Waals surface area contributed by atoms with Crippen molar-refractivity contribution < 1.29 is 35.9 Å². The number of nitrogens with zero attached hydrogens (tertiary/aromatic N) is 2. The van der Waals surface area contributed by atoms with Crippen molar-refractivity contribution in [3.63, 3.8) is 0 Å². The van der Waals surface area contributed by atoms with Crippen LogP contribution in [-0.4, -0.2) is 64.1 Å². The summed E-state index contributed by atoms with van der Waals surface area (Å²) in [5, 5.41) is 0. The van der Waals surface area contributed by atoms with E-state index in [1.165, 1.54) is 6.92 Å². The third-order valence-corrected chi connectivity index (χ3v) is 6.75. The molecule has 0 bridgehead atoms. The van der Waals surface area contributed by atoms with Gasteiger partial charge in [-0.15, -0.1) is 13.2 Å². The molecule has 1 aliphatic heterocycles. The van der Waals surface area contributed by atoms with Crippen molar-refractivity contribution in [2.75, 3.05) is 37.6 Å². The van der Waals surface area contributed by atoms with E-state index in [1.807, 2.05) is 12.1 Å². The number of anilines is 1. The summed E-state index contributed by atoms with van der Waals surface area (Å²) in [5.41, 5.74) is 1.59. The van der Waals surface area contributed by atoms with Crippen LogP contribution in [0.3, 0.4) is 0 Å². The van der Waals surface area contributed by atoms with Gasteiger partial charge in [-0.25, -0.2) is 13.1 Å². The van der Waals surface area contributed by atoms with Crippen LogP contribution in [0.2, 0.25) is 0 Å². The summed E-state index contributed by atoms with van der Waals surface area (Å²) >= 11 is 0. The Labute approximate surface area is 195 Å². The molecule has 1 aliphatic rings. The number of rotatable bonds is 8. The molecule has 8 nitrogen and oxygen atoms in total. The highest BCUT2D eigenvalue weighted by Gasteiger charge is 2.31. The Morgan fingerprint density at radius 3 is 2.09 bits per heavy atom. The molecule has 184 valence electrons. The molecular formula is C22H24F3N3O5S. The van der Waals surface area contributed by atoms with Gasteiger partial charge in [0.05, 0.1) is 4.90 Å². The van der Waals surface area contributed by atoms with Gasteiger partial charge < -0.3 is 14.5 Å². The Hall–Kier alpha value is -3.12. The molecule has 0 saturated carbocycles. The molecule has 1 heterocycles. The first kappa shape index (κ1) is 25.5. The van der Waals surface area contributed by atoms with Gasteiger partial charge in [0.25, 0.3) is 0 Å². The van der Waals surface area contributed by atoms with E-state index >= 15 is 0 Å². The van der Waals surface area contributed by atoms with Crippen molar-refractivity contribution in [2.24, 2.45) is 0 Å². The molecule has 1 amide bonds. The Morgan fingerprint density at radius 2 is 1.56 bits per heavy atom. The van der Waals surface area contributed by atoms with Crippen molar-refractivity contribution in [1.29, 1.82) is 0 Å². The summed E-state index contributed by atoms with van der Waals surface area (Å²) in [5.74, 6) is -0.746. The number of amides is 1. The van der Waals surface area contributed by atoms with Crippen molar-refractivity contribution >= 4 is 27.4 Å². The number of halogens is 3. The summed E-state index contributed by atoms with van der Waals surface area (Å²) in [6.45, 7) is 3.51. The van der Waals surface area contributed by atoms with E-state index in [4.69, 9.17) is 0 Å². The first-order valence-corrected chi connectivity index (χ1v) is 11.9. The van der Waals surface area contributed by atoms with E-state index in [1.54, 1.807) is 17.0 Å². The number of sulfonamides is 1. The van der Waals surface area contributed by atoms with Crippen LogP contribution >= 0.6 is 0 Å². The van der Waals surface area contributed by atoms with Gasteiger partial charge in [0.2, 0.25) is 15.9 Å². The van der Waals surface area contributed by atoms with Crippen LogP contribution in [0, 0.1) is 0 Å². The Balaban J connectivity index is 1.45. The third kappa shape index (κ3) is 6.94. The summed E-state index contributed by atoms with van der Waals surface area (Å²) in [4.78, 5) is 27.4. The predicted molar refractivity (Wildman–Crippen MR) is 118 cm³/mol. The minimum absolute atomic E-state index is 0.00919. The van der Waals surface area contributed by atoms with Crippen LogP contribution in [0.1, 0.15) is 23.7 Å². The molecule has 3 rings (SSSR count). The molecule has 2 aromatic carbocycles. The number of nitrogens with one attached hydrogen (secondary N) is 1. The maximum absolute atomic E-state index is 12.5. The molecular weight excluding hydrogens is 475 g/mol. The maximum Gasteiger partial charge on any atom is 0.573 e. The highest BCUT2D eigenvalue weighted by Crippen LogP contribution is 2.24. The Morgan fingerprint density at radius 1 is 0.971 bits per heavy atom. The number of Topliss-reactive ketones (excluding diaryl/α,β-unsaturated/α-hetero) is 1. The van der Waals surface area contributed by atoms with Gasteiger partial charge in [0.15, 0.2) is 5.78 Å². The van der Waals surface area contributed by atoms with E-state index in [0.717, 1.165) is 30.0 Å². The minimum Gasteiger partial charge on any atom is -0.406 e. The van der Waals surface area contributed by atoms with Crippen molar-refractivity contribution in [2.45, 2.75) is 24.6 Å². The Bertz CT molecular complexity index is 1110. The molecule has 0 unspecified atom stereocenters. The zero-order valence-corrected chi connectivity index (χ0v) is 19.2. The monoisotopic (exact) mass is 499 g/mol. The number of ether oxygens (including phenoxy) is 1. The number of benzene rings is 2. The van der Waals surface area contributed by atoms with Crippen LogP contribution in [0.5, 0.6) is 5.75 Å². The molecule has 0 spiro atoms. The second-order valence-electron chi connectivity index (χ2n) is 7.64. The largest absolute Gasteiger partial charge is 0.573 e. The highest BCUT2D eigenvalue weighted by atomic mass is 32.2. The quantitative estimate of drug-likeness (QED) is 0.562. The lowest BCUT2D eigenvalue weighted by molar-refractivity contribution is -0.274. The van der Waals surface area contributed by atoms with Gasteiger partial charge in [-0.2, -0.15) is 0 Å². The molecule has 1 fully saturated rings. The minimum atomic E-state index is -4.87. The van der Waals surface area contributed by atoms with Gasteiger partial charge in [0, 0.05) is 50.4 Å². The summed E-state index contributed by atoms with van der Waals surface area (Å²) in [6, 6.07) is 11.0. The van der Waals surface area contributed by atoms with Crippen LogP contribution in [0.15, 0.2) is 53.4 Å². The normalized spacial score (nSPS) is 14.7. The van der Waals surface area contributed by atoms with E-state index in [0.29, 0.717) is 31.7 Å². The number of carbonyl (C=O) groups excluding carboxylic acids is 2. The fourth-order valence-corrected chi connectivity index (χ4v) is 4.51. The van der Waals surface area contributed by atoms with Crippen molar-refractivity contribution in [3.8, 4) is 5.75 Å². The number of alkyl halides is 3. The first-order chi connectivity index (χ1) is 15.9. The molecule has 2 aromatic rings. The number of carbonyl (C=O) groups is 2. The second kappa shape index (κ2) is 10.4. The van der Waals surface area contributed by atoms with E-state index in [2.05, 4.69) is 14.4 Å². The molecule has 12 heteroatoms. The first-order valence-electron chi connectivity index (χ1n) is 10.4. The molecule has 34 heavy (non-hydrogen) atoms. The fourth-order valence-electron chi connectivity index (χ4n) is 3.48. The molecule has 0 aromatic heterocycles. The lowest BCUT2D eigenvalue weighted by Gasteiger charge is -2.36. The van der Waals surface area contributed by atoms with Crippen molar-refractivity contribution in [1.82, 2.24) is 9.62 Å². The topological polar surface area (TPSA) is 96.0 Å². The Kier molecular flexibility index (Phi) is 7.82. The fraction of sp³-hybridized carbons (Fsp3) is 0.364. The van der Waals surface area contributed by atoms with Gasteiger partial charge >= 0.3 is 6.36 Å². The highest BCUT2D eigenvalue weighted by molar-refractivity contribution is 7.89. The average Bonchev–Trinajstić information content (AvgIpc) is 2.78. The van der Waals surface area contributed by atoms with E-state index < -0.39 is 22.1 Å². The number of hydrogen-bond acceptors (Lipinski definition) is 6. The smallest absolute Gasteiger partial charge is 0.406 e. The van der Waals surface area contributed by atoms with Crippen LogP contribution in [-0.2, 0) is 14.8 Å². The average molecular weight is 500 g/mol. The number of ketones is 1. The van der Waals surface area contributed by atoms with E-state index in [-0.39, 0.29) is 29.6 Å². The summed E-state index contributed by atoms with van der Waals surface area (Å²) in [6.07, 6.45) is -4.92. The zero-order chi connectivity index (χ0) is 24.9. The van der Waals surface area contributed by atoms with Gasteiger partial charge in [-0.1, -0.05) is 0 Å². The van der Waals surface area contributed by atoms with Gasteiger partial charge in [0.1, 0.15) is 5.75 Å². The predicted octanol–water partition coefficient (Wildman–Crippen LogP) is 2.81. The lowest BCUT2D eigenvalue weighted by Crippen LogP contribution is -2.49. The second-order valence-corrected chi connectivity index (χ2v) is 9.40. The van der Waals surface area contributed by atoms with Crippen LogP contribution in [0.25, 0.3) is 0 Å². The molecule has 0 atom stereocenters.